The molecule has 0 fully saturated rings. The van der Waals surface area contributed by atoms with Gasteiger partial charge in [-0.3, -0.25) is 0 Å². The van der Waals surface area contributed by atoms with Crippen molar-refractivity contribution in [2.45, 2.75) is 6.61 Å². The van der Waals surface area contributed by atoms with E-state index in [1.54, 1.807) is 23.2 Å². The zero-order valence-electron chi connectivity index (χ0n) is 7.91. The Kier molecular flexibility index (Phi) is 4.55. The van der Waals surface area contributed by atoms with Crippen LogP contribution in [0.1, 0.15) is 5.56 Å². The average molecular weight is 279 g/mol. The fourth-order valence-electron chi connectivity index (χ4n) is 1.05. The van der Waals surface area contributed by atoms with Gasteiger partial charge in [0, 0.05) is 11.6 Å². The minimum Gasteiger partial charge on any atom is -0.497 e. The molecule has 15 heavy (non-hydrogen) atoms. The summed E-state index contributed by atoms with van der Waals surface area (Å²) in [4.78, 5) is 1.56. The molecule has 5 heteroatoms. The normalized spacial score (nSPS) is 11.0. The lowest BCUT2D eigenvalue weighted by Gasteiger charge is -2.09. The maximum atomic E-state index is 12.1. The van der Waals surface area contributed by atoms with Gasteiger partial charge in [0.15, 0.2) is 0 Å². The van der Waals surface area contributed by atoms with Crippen LogP contribution in [-0.4, -0.2) is 13.7 Å². The fourth-order valence-corrected chi connectivity index (χ4v) is 1.33. The molecular weight excluding hydrogens is 270 g/mol. The molecule has 0 aliphatic rings. The number of methoxy groups -OCH3 is 1. The van der Waals surface area contributed by atoms with Crippen LogP contribution >= 0.6 is 15.9 Å². The molecule has 0 spiro atoms. The summed E-state index contributed by atoms with van der Waals surface area (Å²) in [6, 6.07) is 4.71. The summed E-state index contributed by atoms with van der Waals surface area (Å²) in [5.74, 6) is 0.553. The zero-order chi connectivity index (χ0) is 11.3. The second-order valence-electron chi connectivity index (χ2n) is 2.57. The van der Waals surface area contributed by atoms with E-state index in [2.05, 4.69) is 20.7 Å². The summed E-state index contributed by atoms with van der Waals surface area (Å²) in [7, 11) is 1.46. The van der Waals surface area contributed by atoms with Crippen molar-refractivity contribution in [3.8, 4) is 11.5 Å². The summed E-state index contributed by atoms with van der Waals surface area (Å²) in [6.07, 6.45) is 1.61. The molecule has 0 N–H and O–H groups in total. The average Bonchev–Trinajstić information content (AvgIpc) is 2.20. The molecule has 0 atom stereocenters. The number of hydrogen-bond donors (Lipinski definition) is 0. The van der Waals surface area contributed by atoms with E-state index in [0.29, 0.717) is 11.3 Å². The number of alkyl halides is 2. The predicted molar refractivity (Wildman–Crippen MR) is 57.6 cm³/mol. The summed E-state index contributed by atoms with van der Waals surface area (Å²) < 4.78 is 33.4. The van der Waals surface area contributed by atoms with Crippen molar-refractivity contribution in [1.82, 2.24) is 0 Å². The van der Waals surface area contributed by atoms with Crippen LogP contribution in [-0.2, 0) is 0 Å². The first-order chi connectivity index (χ1) is 7.17. The Morgan fingerprint density at radius 1 is 1.40 bits per heavy atom. The van der Waals surface area contributed by atoms with Crippen molar-refractivity contribution in [2.24, 2.45) is 0 Å². The van der Waals surface area contributed by atoms with Crippen molar-refractivity contribution in [1.29, 1.82) is 0 Å². The van der Waals surface area contributed by atoms with E-state index in [1.165, 1.54) is 13.2 Å². The van der Waals surface area contributed by atoms with Crippen molar-refractivity contribution in [3.63, 3.8) is 0 Å². The maximum absolute atomic E-state index is 12.1. The quantitative estimate of drug-likeness (QED) is 0.837. The van der Waals surface area contributed by atoms with Gasteiger partial charge >= 0.3 is 6.61 Å². The van der Waals surface area contributed by atoms with Crippen LogP contribution < -0.4 is 9.47 Å². The first-order valence-electron chi connectivity index (χ1n) is 4.07. The number of ether oxygens (including phenoxy) is 2. The van der Waals surface area contributed by atoms with Crippen LogP contribution in [0.15, 0.2) is 23.2 Å². The Morgan fingerprint density at radius 2 is 2.13 bits per heavy atom. The molecule has 0 saturated heterocycles. The van der Waals surface area contributed by atoms with Gasteiger partial charge in [-0.15, -0.1) is 0 Å². The first kappa shape index (κ1) is 12.0. The van der Waals surface area contributed by atoms with E-state index in [9.17, 15) is 8.78 Å². The largest absolute Gasteiger partial charge is 0.497 e. The molecular formula is C10H9BrF2O2. The highest BCUT2D eigenvalue weighted by atomic mass is 79.9. The smallest absolute Gasteiger partial charge is 0.387 e. The highest BCUT2D eigenvalue weighted by Crippen LogP contribution is 2.27. The summed E-state index contributed by atoms with van der Waals surface area (Å²) in [5.41, 5.74) is 0.549. The third-order valence-electron chi connectivity index (χ3n) is 1.68. The van der Waals surface area contributed by atoms with Crippen molar-refractivity contribution in [3.05, 3.63) is 28.7 Å². The van der Waals surface area contributed by atoms with Gasteiger partial charge in [0.05, 0.1) is 7.11 Å². The van der Waals surface area contributed by atoms with Gasteiger partial charge in [-0.05, 0) is 23.2 Å². The van der Waals surface area contributed by atoms with Crippen LogP contribution in [0.25, 0.3) is 6.08 Å². The topological polar surface area (TPSA) is 18.5 Å². The van der Waals surface area contributed by atoms with Gasteiger partial charge in [0.2, 0.25) is 0 Å². The van der Waals surface area contributed by atoms with Crippen molar-refractivity contribution < 1.29 is 18.3 Å². The van der Waals surface area contributed by atoms with Crippen molar-refractivity contribution in [2.75, 3.05) is 7.11 Å². The molecule has 0 aliphatic carbocycles. The van der Waals surface area contributed by atoms with Gasteiger partial charge in [-0.2, -0.15) is 8.78 Å². The zero-order valence-corrected chi connectivity index (χ0v) is 9.50. The molecule has 0 saturated carbocycles. The minimum absolute atomic E-state index is 0.0834. The molecule has 1 aromatic rings. The number of halogens is 3. The molecule has 0 aromatic heterocycles. The molecule has 82 valence electrons. The monoisotopic (exact) mass is 278 g/mol. The van der Waals surface area contributed by atoms with Crippen LogP contribution in [0.2, 0.25) is 0 Å². The lowest BCUT2D eigenvalue weighted by Crippen LogP contribution is -2.03. The second kappa shape index (κ2) is 5.70. The molecule has 0 aliphatic heterocycles. The second-order valence-corrected chi connectivity index (χ2v) is 3.10. The van der Waals surface area contributed by atoms with E-state index in [4.69, 9.17) is 4.74 Å². The molecule has 0 heterocycles. The molecule has 0 bridgehead atoms. The SMILES string of the molecule is COc1ccc(/C=C/Br)c(OC(F)F)c1. The highest BCUT2D eigenvalue weighted by molar-refractivity contribution is 9.11. The number of benzene rings is 1. The Bertz CT molecular complexity index is 353. The standard InChI is InChI=1S/C10H9BrF2O2/c1-14-8-3-2-7(4-5-11)9(6-8)15-10(12)13/h2-6,10H,1H3/b5-4+. The van der Waals surface area contributed by atoms with Crippen LogP contribution in [0.3, 0.4) is 0 Å². The van der Waals surface area contributed by atoms with Gasteiger partial charge in [-0.25, -0.2) is 0 Å². The van der Waals surface area contributed by atoms with Crippen LogP contribution in [0, 0.1) is 0 Å². The fraction of sp³-hybridized carbons (Fsp3) is 0.200. The third-order valence-corrected chi connectivity index (χ3v) is 1.94. The molecule has 0 unspecified atom stereocenters. The summed E-state index contributed by atoms with van der Waals surface area (Å²) >= 11 is 3.07. The maximum Gasteiger partial charge on any atom is 0.387 e. The Balaban J connectivity index is 3.04. The third kappa shape index (κ3) is 3.51. The van der Waals surface area contributed by atoms with E-state index >= 15 is 0 Å². The van der Waals surface area contributed by atoms with E-state index in [-0.39, 0.29) is 5.75 Å². The molecule has 2 nitrogen and oxygen atoms in total. The van der Waals surface area contributed by atoms with Gasteiger partial charge in [0.25, 0.3) is 0 Å². The molecule has 1 aromatic carbocycles. The molecule has 0 radical (unpaired) electrons. The van der Waals surface area contributed by atoms with Crippen LogP contribution in [0.4, 0.5) is 8.78 Å². The highest BCUT2D eigenvalue weighted by Gasteiger charge is 2.09. The van der Waals surface area contributed by atoms with E-state index in [1.807, 2.05) is 0 Å². The lowest BCUT2D eigenvalue weighted by atomic mass is 10.2. The van der Waals surface area contributed by atoms with Gasteiger partial charge in [-0.1, -0.05) is 15.9 Å². The van der Waals surface area contributed by atoms with E-state index in [0.717, 1.165) is 0 Å². The van der Waals surface area contributed by atoms with E-state index < -0.39 is 6.61 Å². The van der Waals surface area contributed by atoms with Crippen molar-refractivity contribution >= 4 is 22.0 Å². The van der Waals surface area contributed by atoms with Gasteiger partial charge < -0.3 is 9.47 Å². The Hall–Kier alpha value is -1.10. The summed E-state index contributed by atoms with van der Waals surface area (Å²) in [5, 5.41) is 0. The number of rotatable bonds is 4. The van der Waals surface area contributed by atoms with Gasteiger partial charge in [0.1, 0.15) is 11.5 Å². The minimum atomic E-state index is -2.85. The van der Waals surface area contributed by atoms with Crippen LogP contribution in [0.5, 0.6) is 11.5 Å². The Morgan fingerprint density at radius 3 is 2.67 bits per heavy atom. The predicted octanol–water partition coefficient (Wildman–Crippen LogP) is 3.66. The lowest BCUT2D eigenvalue weighted by molar-refractivity contribution is -0.0500. The molecule has 0 amide bonds. The number of hydrogen-bond acceptors (Lipinski definition) is 2. The summed E-state index contributed by atoms with van der Waals surface area (Å²) in [6.45, 7) is -2.85. The first-order valence-corrected chi connectivity index (χ1v) is 4.98. The molecule has 1 rings (SSSR count). The Labute approximate surface area is 94.6 Å².